The van der Waals surface area contributed by atoms with Crippen LogP contribution in [0.5, 0.6) is 0 Å². The fraction of sp³-hybridized carbons (Fsp3) is 0.455. The first-order valence-corrected chi connectivity index (χ1v) is 7.20. The second-order valence-corrected chi connectivity index (χ2v) is 5.65. The standard InChI is InChI=1S/C11H13BrClN3OS/c12-9-4-7(13)5-14-10(9)16-11(18)15-6-8-2-1-3-17-8/h4-5,8H,1-3,6H2,(H2,14,15,16,18)/t8-/m1/s1. The Morgan fingerprint density at radius 2 is 2.50 bits per heavy atom. The van der Waals surface area contributed by atoms with Gasteiger partial charge in [0.05, 0.1) is 15.6 Å². The molecule has 98 valence electrons. The molecule has 1 aromatic rings. The van der Waals surface area contributed by atoms with E-state index in [2.05, 4.69) is 31.5 Å². The minimum atomic E-state index is 0.256. The zero-order valence-electron chi connectivity index (χ0n) is 9.58. The first-order valence-electron chi connectivity index (χ1n) is 5.62. The maximum absolute atomic E-state index is 5.82. The van der Waals surface area contributed by atoms with Crippen LogP contribution in [0.25, 0.3) is 0 Å². The molecule has 1 atom stereocenters. The summed E-state index contributed by atoms with van der Waals surface area (Å²) < 4.78 is 6.28. The summed E-state index contributed by atoms with van der Waals surface area (Å²) in [4.78, 5) is 4.15. The number of pyridine rings is 1. The van der Waals surface area contributed by atoms with Crippen molar-refractivity contribution in [3.05, 3.63) is 21.8 Å². The van der Waals surface area contributed by atoms with Gasteiger partial charge in [0.1, 0.15) is 5.82 Å². The lowest BCUT2D eigenvalue weighted by atomic mass is 10.2. The Morgan fingerprint density at radius 3 is 3.17 bits per heavy atom. The summed E-state index contributed by atoms with van der Waals surface area (Å²) in [6.45, 7) is 1.56. The lowest BCUT2D eigenvalue weighted by molar-refractivity contribution is 0.114. The van der Waals surface area contributed by atoms with Crippen LogP contribution in [0.2, 0.25) is 5.02 Å². The number of anilines is 1. The van der Waals surface area contributed by atoms with Crippen molar-refractivity contribution >= 4 is 50.7 Å². The third-order valence-corrected chi connectivity index (χ3v) is 3.61. The Morgan fingerprint density at radius 1 is 1.67 bits per heavy atom. The molecule has 0 amide bonds. The number of nitrogens with zero attached hydrogens (tertiary/aromatic N) is 1. The molecular formula is C11H13BrClN3OS. The quantitative estimate of drug-likeness (QED) is 0.821. The number of thiocarbonyl (C=S) groups is 1. The van der Waals surface area contributed by atoms with E-state index in [0.717, 1.165) is 30.5 Å². The van der Waals surface area contributed by atoms with Gasteiger partial charge in [-0.15, -0.1) is 0 Å². The SMILES string of the molecule is S=C(NC[C@H]1CCCO1)Nc1ncc(Cl)cc1Br. The van der Waals surface area contributed by atoms with Gasteiger partial charge in [-0.25, -0.2) is 4.98 Å². The zero-order valence-corrected chi connectivity index (χ0v) is 12.7. The predicted molar refractivity (Wildman–Crippen MR) is 80.1 cm³/mol. The Hall–Kier alpha value is -0.430. The van der Waals surface area contributed by atoms with E-state index >= 15 is 0 Å². The normalized spacial score (nSPS) is 18.7. The van der Waals surface area contributed by atoms with Crippen LogP contribution in [0.1, 0.15) is 12.8 Å². The number of ether oxygens (including phenoxy) is 1. The van der Waals surface area contributed by atoms with Crippen molar-refractivity contribution in [2.45, 2.75) is 18.9 Å². The first kappa shape index (κ1) is 14.0. The largest absolute Gasteiger partial charge is 0.376 e. The molecule has 1 saturated heterocycles. The van der Waals surface area contributed by atoms with Gasteiger partial charge in [0.25, 0.3) is 0 Å². The second kappa shape index (κ2) is 6.65. The lowest BCUT2D eigenvalue weighted by Crippen LogP contribution is -2.35. The number of aromatic nitrogens is 1. The summed E-state index contributed by atoms with van der Waals surface area (Å²) in [6.07, 6.45) is 4.03. The van der Waals surface area contributed by atoms with Crippen molar-refractivity contribution in [1.82, 2.24) is 10.3 Å². The number of hydrogen-bond donors (Lipinski definition) is 2. The third-order valence-electron chi connectivity index (χ3n) is 2.55. The van der Waals surface area contributed by atoms with E-state index in [-0.39, 0.29) is 6.10 Å². The van der Waals surface area contributed by atoms with Gasteiger partial charge in [0, 0.05) is 19.3 Å². The highest BCUT2D eigenvalue weighted by Crippen LogP contribution is 2.22. The molecule has 0 spiro atoms. The minimum absolute atomic E-state index is 0.256. The fourth-order valence-corrected chi connectivity index (χ4v) is 2.59. The molecule has 4 nitrogen and oxygen atoms in total. The summed E-state index contributed by atoms with van der Waals surface area (Å²) in [5.74, 6) is 0.643. The van der Waals surface area contributed by atoms with Crippen molar-refractivity contribution < 1.29 is 4.74 Å². The van der Waals surface area contributed by atoms with E-state index in [1.165, 1.54) is 0 Å². The smallest absolute Gasteiger partial charge is 0.172 e. The molecule has 0 radical (unpaired) electrons. The van der Waals surface area contributed by atoms with Crippen LogP contribution in [-0.2, 0) is 4.74 Å². The van der Waals surface area contributed by atoms with E-state index in [1.807, 2.05) is 0 Å². The molecule has 18 heavy (non-hydrogen) atoms. The Labute approximate surface area is 125 Å². The van der Waals surface area contributed by atoms with Gasteiger partial charge in [-0.1, -0.05) is 11.6 Å². The monoisotopic (exact) mass is 349 g/mol. The van der Waals surface area contributed by atoms with E-state index in [1.54, 1.807) is 12.3 Å². The molecule has 1 aliphatic heterocycles. The summed E-state index contributed by atoms with van der Waals surface area (Å²) in [6, 6.07) is 1.76. The summed E-state index contributed by atoms with van der Waals surface area (Å²) in [7, 11) is 0. The molecule has 1 fully saturated rings. The van der Waals surface area contributed by atoms with Crippen LogP contribution in [0.3, 0.4) is 0 Å². The zero-order chi connectivity index (χ0) is 13.0. The Kier molecular flexibility index (Phi) is 5.17. The molecule has 0 bridgehead atoms. The van der Waals surface area contributed by atoms with Crippen LogP contribution in [0.15, 0.2) is 16.7 Å². The topological polar surface area (TPSA) is 46.2 Å². The number of rotatable bonds is 3. The van der Waals surface area contributed by atoms with Gasteiger partial charge in [-0.2, -0.15) is 0 Å². The predicted octanol–water partition coefficient (Wildman–Crippen LogP) is 2.96. The highest BCUT2D eigenvalue weighted by atomic mass is 79.9. The van der Waals surface area contributed by atoms with Gasteiger partial charge in [-0.05, 0) is 47.1 Å². The number of halogens is 2. The highest BCUT2D eigenvalue weighted by molar-refractivity contribution is 9.10. The molecule has 2 heterocycles. The third kappa shape index (κ3) is 4.05. The van der Waals surface area contributed by atoms with Gasteiger partial charge in [0.15, 0.2) is 5.11 Å². The first-order chi connectivity index (χ1) is 8.65. The van der Waals surface area contributed by atoms with Gasteiger partial charge in [-0.3, -0.25) is 0 Å². The van der Waals surface area contributed by atoms with Crippen molar-refractivity contribution in [3.8, 4) is 0 Å². The maximum atomic E-state index is 5.82. The maximum Gasteiger partial charge on any atom is 0.172 e. The summed E-state index contributed by atoms with van der Waals surface area (Å²) in [5.41, 5.74) is 0. The van der Waals surface area contributed by atoms with Crippen molar-refractivity contribution in [2.75, 3.05) is 18.5 Å². The van der Waals surface area contributed by atoms with E-state index in [9.17, 15) is 0 Å². The fourth-order valence-electron chi connectivity index (χ4n) is 1.67. The lowest BCUT2D eigenvalue weighted by Gasteiger charge is -2.14. The molecule has 0 aliphatic carbocycles. The molecule has 0 unspecified atom stereocenters. The van der Waals surface area contributed by atoms with Crippen molar-refractivity contribution in [2.24, 2.45) is 0 Å². The van der Waals surface area contributed by atoms with Crippen LogP contribution in [0, 0.1) is 0 Å². The van der Waals surface area contributed by atoms with Crippen LogP contribution < -0.4 is 10.6 Å². The molecule has 2 N–H and O–H groups in total. The van der Waals surface area contributed by atoms with Crippen molar-refractivity contribution in [3.63, 3.8) is 0 Å². The number of nitrogens with one attached hydrogen (secondary N) is 2. The summed E-state index contributed by atoms with van der Waals surface area (Å²) >= 11 is 14.4. The second-order valence-electron chi connectivity index (χ2n) is 3.95. The molecule has 0 aromatic carbocycles. The molecular weight excluding hydrogens is 338 g/mol. The molecule has 0 saturated carbocycles. The van der Waals surface area contributed by atoms with Crippen LogP contribution >= 0.6 is 39.7 Å². The average molecular weight is 351 g/mol. The van der Waals surface area contributed by atoms with Gasteiger partial charge >= 0.3 is 0 Å². The highest BCUT2D eigenvalue weighted by Gasteiger charge is 2.15. The van der Waals surface area contributed by atoms with Crippen LogP contribution in [0.4, 0.5) is 5.82 Å². The van der Waals surface area contributed by atoms with Crippen LogP contribution in [-0.4, -0.2) is 29.4 Å². The van der Waals surface area contributed by atoms with E-state index in [4.69, 9.17) is 28.6 Å². The van der Waals surface area contributed by atoms with E-state index in [0.29, 0.717) is 16.0 Å². The average Bonchev–Trinajstić information content (AvgIpc) is 2.83. The molecule has 2 rings (SSSR count). The molecule has 1 aromatic heterocycles. The van der Waals surface area contributed by atoms with E-state index < -0.39 is 0 Å². The minimum Gasteiger partial charge on any atom is -0.376 e. The van der Waals surface area contributed by atoms with Gasteiger partial charge in [0.2, 0.25) is 0 Å². The number of hydrogen-bond acceptors (Lipinski definition) is 3. The molecule has 1 aliphatic rings. The Balaban J connectivity index is 1.82. The summed E-state index contributed by atoms with van der Waals surface area (Å²) in [5, 5.41) is 7.23. The Bertz CT molecular complexity index is 440. The van der Waals surface area contributed by atoms with Gasteiger partial charge < -0.3 is 15.4 Å². The van der Waals surface area contributed by atoms with Crippen molar-refractivity contribution in [1.29, 1.82) is 0 Å². The molecule has 7 heteroatoms.